The number of carboxylic acids is 1. The second-order valence-corrected chi connectivity index (χ2v) is 5.58. The van der Waals surface area contributed by atoms with Crippen LogP contribution in [0.1, 0.15) is 24.2 Å². The van der Waals surface area contributed by atoms with Crippen molar-refractivity contribution in [2.75, 3.05) is 0 Å². The van der Waals surface area contributed by atoms with Gasteiger partial charge in [0.15, 0.2) is 0 Å². The minimum atomic E-state index is -0.925. The van der Waals surface area contributed by atoms with Gasteiger partial charge in [0.1, 0.15) is 0 Å². The van der Waals surface area contributed by atoms with Gasteiger partial charge in [-0.15, -0.1) is 11.8 Å². The number of fused-ring (bicyclic) bond motifs is 1. The molecule has 88 valence electrons. The van der Waals surface area contributed by atoms with Crippen LogP contribution in [0.2, 0.25) is 0 Å². The molecule has 17 heavy (non-hydrogen) atoms. The smallest absolute Gasteiger partial charge is 0.338 e. The van der Waals surface area contributed by atoms with Crippen LogP contribution in [0, 0.1) is 0 Å². The first kappa shape index (κ1) is 11.9. The van der Waals surface area contributed by atoms with Gasteiger partial charge in [-0.3, -0.25) is 4.98 Å². The predicted molar refractivity (Wildman–Crippen MR) is 69.7 cm³/mol. The van der Waals surface area contributed by atoms with E-state index >= 15 is 0 Å². The first-order valence-corrected chi connectivity index (χ1v) is 6.25. The van der Waals surface area contributed by atoms with Gasteiger partial charge in [0.25, 0.3) is 0 Å². The summed E-state index contributed by atoms with van der Waals surface area (Å²) in [5.74, 6) is -0.925. The van der Waals surface area contributed by atoms with E-state index in [1.165, 1.54) is 6.20 Å². The van der Waals surface area contributed by atoms with Gasteiger partial charge in [0, 0.05) is 21.7 Å². The fraction of sp³-hybridized carbons (Fsp3) is 0.231. The molecular weight excluding hydrogens is 234 g/mol. The number of carbonyl (C=O) groups is 1. The highest BCUT2D eigenvalue weighted by Crippen LogP contribution is 2.32. The molecule has 0 saturated heterocycles. The Hall–Kier alpha value is -1.55. The monoisotopic (exact) mass is 247 g/mol. The Labute approximate surface area is 104 Å². The maximum Gasteiger partial charge on any atom is 0.338 e. The van der Waals surface area contributed by atoms with Crippen LogP contribution in [0.5, 0.6) is 0 Å². The van der Waals surface area contributed by atoms with Gasteiger partial charge in [-0.05, 0) is 6.07 Å². The van der Waals surface area contributed by atoms with E-state index in [4.69, 9.17) is 0 Å². The lowest BCUT2D eigenvalue weighted by atomic mass is 10.1. The molecule has 0 amide bonds. The van der Waals surface area contributed by atoms with Crippen molar-refractivity contribution in [1.82, 2.24) is 4.98 Å². The summed E-state index contributed by atoms with van der Waals surface area (Å²) in [5, 5.41) is 10.4. The highest BCUT2D eigenvalue weighted by Gasteiger charge is 2.15. The molecule has 0 fully saturated rings. The van der Waals surface area contributed by atoms with Crippen molar-refractivity contribution in [3.63, 3.8) is 0 Å². The fourth-order valence-electron chi connectivity index (χ4n) is 1.63. The standard InChI is InChI=1S/C13H13NO2S/c1-8(2)17-12-9-5-3-4-6-11(9)14-7-10(12)13(15)16/h3-8H,1-2H3,(H,15,16). The van der Waals surface area contributed by atoms with Crippen molar-refractivity contribution in [1.29, 1.82) is 0 Å². The molecule has 0 unspecified atom stereocenters. The van der Waals surface area contributed by atoms with Gasteiger partial charge in [-0.1, -0.05) is 32.0 Å². The summed E-state index contributed by atoms with van der Waals surface area (Å²) in [4.78, 5) is 16.2. The average molecular weight is 247 g/mol. The number of benzene rings is 1. The molecule has 0 radical (unpaired) electrons. The number of aromatic carboxylic acids is 1. The van der Waals surface area contributed by atoms with E-state index in [1.54, 1.807) is 11.8 Å². The van der Waals surface area contributed by atoms with E-state index in [0.717, 1.165) is 15.8 Å². The van der Waals surface area contributed by atoms with E-state index in [0.29, 0.717) is 5.25 Å². The molecule has 0 bridgehead atoms. The highest BCUT2D eigenvalue weighted by molar-refractivity contribution is 8.00. The van der Waals surface area contributed by atoms with E-state index in [2.05, 4.69) is 4.98 Å². The zero-order chi connectivity index (χ0) is 12.4. The van der Waals surface area contributed by atoms with Gasteiger partial charge in [0.05, 0.1) is 11.1 Å². The van der Waals surface area contributed by atoms with Crippen molar-refractivity contribution < 1.29 is 9.90 Å². The van der Waals surface area contributed by atoms with Crippen LogP contribution in [-0.2, 0) is 0 Å². The minimum Gasteiger partial charge on any atom is -0.478 e. The van der Waals surface area contributed by atoms with E-state index < -0.39 is 5.97 Å². The van der Waals surface area contributed by atoms with E-state index in [1.807, 2.05) is 38.1 Å². The van der Waals surface area contributed by atoms with Gasteiger partial charge in [-0.2, -0.15) is 0 Å². The topological polar surface area (TPSA) is 50.2 Å². The second-order valence-electron chi connectivity index (χ2n) is 3.99. The summed E-state index contributed by atoms with van der Waals surface area (Å²) in [6.07, 6.45) is 1.44. The van der Waals surface area contributed by atoms with Gasteiger partial charge in [0.2, 0.25) is 0 Å². The lowest BCUT2D eigenvalue weighted by Gasteiger charge is -2.11. The number of nitrogens with zero attached hydrogens (tertiary/aromatic N) is 1. The third kappa shape index (κ3) is 2.42. The number of pyridine rings is 1. The minimum absolute atomic E-state index is 0.280. The van der Waals surface area contributed by atoms with Crippen molar-refractivity contribution in [2.24, 2.45) is 0 Å². The molecular formula is C13H13NO2S. The van der Waals surface area contributed by atoms with Crippen LogP contribution < -0.4 is 0 Å². The number of para-hydroxylation sites is 1. The third-order valence-electron chi connectivity index (χ3n) is 2.31. The summed E-state index contributed by atoms with van der Waals surface area (Å²) in [6, 6.07) is 7.62. The molecule has 1 N–H and O–H groups in total. The van der Waals surface area contributed by atoms with Crippen LogP contribution >= 0.6 is 11.8 Å². The van der Waals surface area contributed by atoms with Gasteiger partial charge >= 0.3 is 5.97 Å². The molecule has 0 atom stereocenters. The van der Waals surface area contributed by atoms with Crippen molar-refractivity contribution in [3.8, 4) is 0 Å². The second kappa shape index (κ2) is 4.75. The molecule has 2 aromatic rings. The lowest BCUT2D eigenvalue weighted by Crippen LogP contribution is -2.02. The molecule has 1 aromatic heterocycles. The van der Waals surface area contributed by atoms with Gasteiger partial charge < -0.3 is 5.11 Å². The summed E-state index contributed by atoms with van der Waals surface area (Å²) in [5.41, 5.74) is 1.11. The normalized spacial score (nSPS) is 11.0. The molecule has 0 aliphatic heterocycles. The highest BCUT2D eigenvalue weighted by atomic mass is 32.2. The molecule has 0 saturated carbocycles. The zero-order valence-corrected chi connectivity index (χ0v) is 10.5. The Morgan fingerprint density at radius 3 is 2.71 bits per heavy atom. The molecule has 1 heterocycles. The first-order valence-electron chi connectivity index (χ1n) is 5.37. The van der Waals surface area contributed by atoms with Crippen molar-refractivity contribution in [3.05, 3.63) is 36.0 Å². The summed E-state index contributed by atoms with van der Waals surface area (Å²) in [6.45, 7) is 4.09. The number of hydrogen-bond acceptors (Lipinski definition) is 3. The molecule has 3 nitrogen and oxygen atoms in total. The first-order chi connectivity index (χ1) is 8.09. The fourth-order valence-corrected chi connectivity index (χ4v) is 2.67. The quantitative estimate of drug-likeness (QED) is 0.844. The Kier molecular flexibility index (Phi) is 3.33. The Morgan fingerprint density at radius 2 is 2.06 bits per heavy atom. The molecule has 4 heteroatoms. The van der Waals surface area contributed by atoms with E-state index in [-0.39, 0.29) is 5.56 Å². The molecule has 0 spiro atoms. The SMILES string of the molecule is CC(C)Sc1c(C(=O)O)cnc2ccccc12. The number of hydrogen-bond donors (Lipinski definition) is 1. The summed E-state index contributed by atoms with van der Waals surface area (Å²) >= 11 is 1.56. The number of aromatic nitrogens is 1. The van der Waals surface area contributed by atoms with Crippen LogP contribution in [0.15, 0.2) is 35.4 Å². The average Bonchev–Trinajstić information content (AvgIpc) is 2.28. The summed E-state index contributed by atoms with van der Waals surface area (Å²) in [7, 11) is 0. The predicted octanol–water partition coefficient (Wildman–Crippen LogP) is 3.43. The van der Waals surface area contributed by atoms with Crippen LogP contribution in [0.25, 0.3) is 10.9 Å². The number of carboxylic acid groups (broad SMARTS) is 1. The Morgan fingerprint density at radius 1 is 1.35 bits per heavy atom. The maximum atomic E-state index is 11.2. The maximum absolute atomic E-state index is 11.2. The van der Waals surface area contributed by atoms with Gasteiger partial charge in [-0.25, -0.2) is 4.79 Å². The molecule has 0 aliphatic carbocycles. The lowest BCUT2D eigenvalue weighted by molar-refractivity contribution is 0.0693. The van der Waals surface area contributed by atoms with E-state index in [9.17, 15) is 9.90 Å². The van der Waals surface area contributed by atoms with Crippen LogP contribution in [-0.4, -0.2) is 21.3 Å². The zero-order valence-electron chi connectivity index (χ0n) is 9.68. The van der Waals surface area contributed by atoms with Crippen LogP contribution in [0.3, 0.4) is 0 Å². The number of thioether (sulfide) groups is 1. The van der Waals surface area contributed by atoms with Crippen molar-refractivity contribution in [2.45, 2.75) is 24.0 Å². The Bertz CT molecular complexity index is 566. The molecule has 2 rings (SSSR count). The number of rotatable bonds is 3. The largest absolute Gasteiger partial charge is 0.478 e. The van der Waals surface area contributed by atoms with Crippen LogP contribution in [0.4, 0.5) is 0 Å². The Balaban J connectivity index is 2.70. The summed E-state index contributed by atoms with van der Waals surface area (Å²) < 4.78 is 0. The van der Waals surface area contributed by atoms with Crippen molar-refractivity contribution >= 4 is 28.6 Å². The molecule has 1 aromatic carbocycles. The third-order valence-corrected chi connectivity index (χ3v) is 3.46. The molecule has 0 aliphatic rings.